The van der Waals surface area contributed by atoms with Gasteiger partial charge in [-0.3, -0.25) is 9.40 Å². The molecule has 1 unspecified atom stereocenters. The SMILES string of the molecule is Cc1ccc(S(=O)(=O)Nc2cnn(CC3CCCCO3)c2)c(C)c1. The van der Waals surface area contributed by atoms with Crippen molar-refractivity contribution in [2.75, 3.05) is 11.3 Å². The molecule has 130 valence electrons. The second-order valence-electron chi connectivity index (χ2n) is 6.31. The molecule has 0 radical (unpaired) electrons. The van der Waals surface area contributed by atoms with E-state index in [1.54, 1.807) is 29.9 Å². The number of hydrogen-bond donors (Lipinski definition) is 1. The van der Waals surface area contributed by atoms with E-state index < -0.39 is 10.0 Å². The van der Waals surface area contributed by atoms with Gasteiger partial charge in [0.05, 0.1) is 29.4 Å². The fraction of sp³-hybridized carbons (Fsp3) is 0.471. The molecule has 0 spiro atoms. The van der Waals surface area contributed by atoms with E-state index in [4.69, 9.17) is 4.74 Å². The van der Waals surface area contributed by atoms with Crippen molar-refractivity contribution in [3.05, 3.63) is 41.7 Å². The van der Waals surface area contributed by atoms with E-state index in [-0.39, 0.29) is 11.0 Å². The zero-order chi connectivity index (χ0) is 17.2. The minimum Gasteiger partial charge on any atom is -0.376 e. The molecule has 1 aliphatic rings. The Morgan fingerprint density at radius 1 is 1.33 bits per heavy atom. The smallest absolute Gasteiger partial charge is 0.262 e. The molecular formula is C17H23N3O3S. The second kappa shape index (κ2) is 6.94. The van der Waals surface area contributed by atoms with Crippen LogP contribution in [-0.4, -0.2) is 30.9 Å². The number of sulfonamides is 1. The molecule has 0 bridgehead atoms. The first-order valence-electron chi connectivity index (χ1n) is 8.18. The van der Waals surface area contributed by atoms with Gasteiger partial charge in [-0.1, -0.05) is 17.7 Å². The minimum atomic E-state index is -3.62. The van der Waals surface area contributed by atoms with Crippen molar-refractivity contribution in [1.82, 2.24) is 9.78 Å². The maximum absolute atomic E-state index is 12.6. The van der Waals surface area contributed by atoms with Gasteiger partial charge in [0.15, 0.2) is 0 Å². The number of hydrogen-bond acceptors (Lipinski definition) is 4. The predicted octanol–water partition coefficient (Wildman–Crippen LogP) is 2.87. The van der Waals surface area contributed by atoms with Crippen LogP contribution in [0.4, 0.5) is 5.69 Å². The summed E-state index contributed by atoms with van der Waals surface area (Å²) in [4.78, 5) is 0.288. The summed E-state index contributed by atoms with van der Waals surface area (Å²) in [6.07, 6.45) is 6.68. The number of nitrogens with zero attached hydrogens (tertiary/aromatic N) is 2. The van der Waals surface area contributed by atoms with Gasteiger partial charge < -0.3 is 4.74 Å². The third-order valence-corrected chi connectivity index (χ3v) is 5.71. The van der Waals surface area contributed by atoms with Gasteiger partial charge in [0, 0.05) is 12.8 Å². The molecule has 7 heteroatoms. The summed E-state index contributed by atoms with van der Waals surface area (Å²) in [6.45, 7) is 5.17. The number of ether oxygens (including phenoxy) is 1. The number of aromatic nitrogens is 2. The van der Waals surface area contributed by atoms with Crippen LogP contribution >= 0.6 is 0 Å². The van der Waals surface area contributed by atoms with Crippen LogP contribution < -0.4 is 4.72 Å². The summed E-state index contributed by atoms with van der Waals surface area (Å²) in [5.74, 6) is 0. The van der Waals surface area contributed by atoms with E-state index in [2.05, 4.69) is 9.82 Å². The van der Waals surface area contributed by atoms with Crippen LogP contribution in [0, 0.1) is 13.8 Å². The number of anilines is 1. The Balaban J connectivity index is 1.71. The van der Waals surface area contributed by atoms with Crippen molar-refractivity contribution in [2.45, 2.75) is 50.7 Å². The lowest BCUT2D eigenvalue weighted by atomic mass is 10.1. The monoisotopic (exact) mass is 349 g/mol. The van der Waals surface area contributed by atoms with E-state index >= 15 is 0 Å². The van der Waals surface area contributed by atoms with Crippen LogP contribution in [0.25, 0.3) is 0 Å². The number of aryl methyl sites for hydroxylation is 2. The van der Waals surface area contributed by atoms with E-state index in [1.165, 1.54) is 6.20 Å². The van der Waals surface area contributed by atoms with E-state index in [1.807, 2.05) is 13.0 Å². The molecule has 1 aliphatic heterocycles. The van der Waals surface area contributed by atoms with Crippen LogP contribution in [0.3, 0.4) is 0 Å². The molecule has 0 aliphatic carbocycles. The molecule has 6 nitrogen and oxygen atoms in total. The van der Waals surface area contributed by atoms with Gasteiger partial charge >= 0.3 is 0 Å². The molecule has 1 N–H and O–H groups in total. The fourth-order valence-corrected chi connectivity index (χ4v) is 4.24. The average Bonchev–Trinajstić information content (AvgIpc) is 2.94. The Labute approximate surface area is 142 Å². The van der Waals surface area contributed by atoms with Crippen LogP contribution in [-0.2, 0) is 21.3 Å². The van der Waals surface area contributed by atoms with Gasteiger partial charge in [-0.05, 0) is 44.7 Å². The Kier molecular flexibility index (Phi) is 4.91. The summed E-state index contributed by atoms with van der Waals surface area (Å²) in [6, 6.07) is 5.29. The molecule has 0 amide bonds. The largest absolute Gasteiger partial charge is 0.376 e. The second-order valence-corrected chi connectivity index (χ2v) is 7.96. The Hall–Kier alpha value is -1.86. The average molecular weight is 349 g/mol. The molecule has 1 atom stereocenters. The summed E-state index contributed by atoms with van der Waals surface area (Å²) in [5.41, 5.74) is 2.23. The lowest BCUT2D eigenvalue weighted by Gasteiger charge is -2.22. The quantitative estimate of drug-likeness (QED) is 0.901. The van der Waals surface area contributed by atoms with E-state index in [0.717, 1.165) is 37.0 Å². The highest BCUT2D eigenvalue weighted by atomic mass is 32.2. The molecule has 1 fully saturated rings. The highest BCUT2D eigenvalue weighted by Crippen LogP contribution is 2.21. The summed E-state index contributed by atoms with van der Waals surface area (Å²) in [5, 5.41) is 4.23. The first kappa shape index (κ1) is 17.0. The Morgan fingerprint density at radius 3 is 2.88 bits per heavy atom. The number of rotatable bonds is 5. The third kappa shape index (κ3) is 3.96. The first-order valence-corrected chi connectivity index (χ1v) is 9.66. The molecule has 1 aromatic heterocycles. The number of nitrogens with one attached hydrogen (secondary N) is 1. The van der Waals surface area contributed by atoms with Gasteiger partial charge in [0.25, 0.3) is 10.0 Å². The van der Waals surface area contributed by atoms with Crippen LogP contribution in [0.2, 0.25) is 0 Å². The standard InChI is InChI=1S/C17H23N3O3S/c1-13-6-7-17(14(2)9-13)24(21,22)19-15-10-18-20(11-15)12-16-5-3-4-8-23-16/h6-7,9-11,16,19H,3-5,8,12H2,1-2H3. The lowest BCUT2D eigenvalue weighted by molar-refractivity contribution is 0.00401. The molecule has 2 aromatic rings. The Morgan fingerprint density at radius 2 is 2.17 bits per heavy atom. The van der Waals surface area contributed by atoms with Crippen molar-refractivity contribution in [2.24, 2.45) is 0 Å². The molecule has 0 saturated carbocycles. The van der Waals surface area contributed by atoms with Crippen molar-refractivity contribution < 1.29 is 13.2 Å². The van der Waals surface area contributed by atoms with Gasteiger partial charge in [-0.25, -0.2) is 8.42 Å². The molecular weight excluding hydrogens is 326 g/mol. The third-order valence-electron chi connectivity index (χ3n) is 4.17. The van der Waals surface area contributed by atoms with E-state index in [0.29, 0.717) is 12.2 Å². The topological polar surface area (TPSA) is 73.2 Å². The van der Waals surface area contributed by atoms with Crippen LogP contribution in [0.5, 0.6) is 0 Å². The zero-order valence-electron chi connectivity index (χ0n) is 14.0. The van der Waals surface area contributed by atoms with Gasteiger partial charge in [-0.15, -0.1) is 0 Å². The maximum Gasteiger partial charge on any atom is 0.262 e. The maximum atomic E-state index is 12.6. The molecule has 3 rings (SSSR count). The van der Waals surface area contributed by atoms with Crippen molar-refractivity contribution >= 4 is 15.7 Å². The first-order chi connectivity index (χ1) is 11.4. The Bertz CT molecular complexity index is 808. The summed E-state index contributed by atoms with van der Waals surface area (Å²) in [7, 11) is -3.62. The number of benzene rings is 1. The predicted molar refractivity (Wildman–Crippen MR) is 92.5 cm³/mol. The zero-order valence-corrected chi connectivity index (χ0v) is 14.8. The van der Waals surface area contributed by atoms with Crippen molar-refractivity contribution in [3.8, 4) is 0 Å². The highest BCUT2D eigenvalue weighted by molar-refractivity contribution is 7.92. The van der Waals surface area contributed by atoms with Crippen LogP contribution in [0.15, 0.2) is 35.5 Å². The molecule has 2 heterocycles. The summed E-state index contributed by atoms with van der Waals surface area (Å²) >= 11 is 0. The molecule has 24 heavy (non-hydrogen) atoms. The lowest BCUT2D eigenvalue weighted by Crippen LogP contribution is -2.24. The van der Waals surface area contributed by atoms with Gasteiger partial charge in [0.1, 0.15) is 0 Å². The molecule has 1 saturated heterocycles. The molecule has 1 aromatic carbocycles. The van der Waals surface area contributed by atoms with Crippen molar-refractivity contribution in [1.29, 1.82) is 0 Å². The normalized spacial score (nSPS) is 18.5. The van der Waals surface area contributed by atoms with Gasteiger partial charge in [0.2, 0.25) is 0 Å². The summed E-state index contributed by atoms with van der Waals surface area (Å²) < 4.78 is 35.1. The van der Waals surface area contributed by atoms with Gasteiger partial charge in [-0.2, -0.15) is 5.10 Å². The highest BCUT2D eigenvalue weighted by Gasteiger charge is 2.19. The fourth-order valence-electron chi connectivity index (χ4n) is 2.99. The van der Waals surface area contributed by atoms with Crippen molar-refractivity contribution in [3.63, 3.8) is 0 Å². The minimum absolute atomic E-state index is 0.155. The van der Waals surface area contributed by atoms with Crippen LogP contribution in [0.1, 0.15) is 30.4 Å². The van der Waals surface area contributed by atoms with E-state index in [9.17, 15) is 8.42 Å².